The van der Waals surface area contributed by atoms with Crippen LogP contribution < -0.4 is 5.32 Å². The Morgan fingerprint density at radius 3 is 2.43 bits per heavy atom. The summed E-state index contributed by atoms with van der Waals surface area (Å²) in [7, 11) is -3.59. The lowest BCUT2D eigenvalue weighted by Gasteiger charge is -2.20. The number of nitrogens with zero attached hydrogens (tertiary/aromatic N) is 3. The van der Waals surface area contributed by atoms with Crippen LogP contribution in [-0.2, 0) is 20.4 Å². The topological polar surface area (TPSA) is 118 Å². The predicted molar refractivity (Wildman–Crippen MR) is 135 cm³/mol. The Kier molecular flexibility index (Phi) is 6.00. The van der Waals surface area contributed by atoms with Crippen molar-refractivity contribution in [3.63, 3.8) is 0 Å². The van der Waals surface area contributed by atoms with E-state index in [0.717, 1.165) is 32.7 Å². The number of amides is 1. The van der Waals surface area contributed by atoms with Crippen LogP contribution in [0.15, 0.2) is 75.4 Å². The summed E-state index contributed by atoms with van der Waals surface area (Å²) in [5.74, 6) is 0.122. The molecule has 4 aromatic rings. The average Bonchev–Trinajstić information content (AvgIpc) is 3.37. The minimum Gasteiger partial charge on any atom is -0.320 e. The van der Waals surface area contributed by atoms with Crippen LogP contribution in [0.25, 0.3) is 17.5 Å². The van der Waals surface area contributed by atoms with Gasteiger partial charge in [-0.15, -0.1) is 10.2 Å². The van der Waals surface area contributed by atoms with Gasteiger partial charge in [-0.25, -0.2) is 8.42 Å². The van der Waals surface area contributed by atoms with Crippen LogP contribution in [0.5, 0.6) is 0 Å². The second kappa shape index (κ2) is 9.12. The molecule has 2 N–H and O–H groups in total. The van der Waals surface area contributed by atoms with E-state index in [9.17, 15) is 13.2 Å². The summed E-state index contributed by atoms with van der Waals surface area (Å²) < 4.78 is 26.3. The number of hydrogen-bond donors (Lipinski definition) is 2. The van der Waals surface area contributed by atoms with Crippen molar-refractivity contribution in [1.82, 2.24) is 20.6 Å². The molecule has 8 nitrogen and oxygen atoms in total. The quantitative estimate of drug-likeness (QED) is 0.384. The number of aryl methyl sites for hydroxylation is 2. The van der Waals surface area contributed by atoms with E-state index >= 15 is 0 Å². The molecule has 0 aliphatic carbocycles. The number of benzene rings is 3. The molecule has 3 aromatic carbocycles. The van der Waals surface area contributed by atoms with Gasteiger partial charge in [-0.05, 0) is 65.6 Å². The number of nitrogens with one attached hydrogen (secondary N) is 2. The smallest absolute Gasteiger partial charge is 0.262 e. The van der Waals surface area contributed by atoms with E-state index < -0.39 is 9.84 Å². The Morgan fingerprint density at radius 1 is 1.00 bits per heavy atom. The SMILES string of the molecule is Cc1cccc(C)c1CS(=O)(=O)c1ccc2c(c1)NC(=O)/C(=C/c1ccc(-c3nn[nH]n3)cc1)S2. The second-order valence-corrected chi connectivity index (χ2v) is 11.3. The molecule has 0 atom stereocenters. The van der Waals surface area contributed by atoms with Crippen LogP contribution in [-0.4, -0.2) is 34.9 Å². The lowest BCUT2D eigenvalue weighted by atomic mass is 10.1. The van der Waals surface area contributed by atoms with Crippen molar-refractivity contribution in [3.05, 3.63) is 87.8 Å². The number of aromatic nitrogens is 4. The van der Waals surface area contributed by atoms with Crippen LogP contribution in [0.4, 0.5) is 5.69 Å². The molecule has 10 heteroatoms. The van der Waals surface area contributed by atoms with Crippen LogP contribution in [0.2, 0.25) is 0 Å². The first kappa shape index (κ1) is 23.0. The zero-order valence-electron chi connectivity index (χ0n) is 18.9. The van der Waals surface area contributed by atoms with E-state index in [4.69, 9.17) is 0 Å². The fraction of sp³-hybridized carbons (Fsp3) is 0.120. The van der Waals surface area contributed by atoms with E-state index in [0.29, 0.717) is 16.4 Å². The van der Waals surface area contributed by atoms with Gasteiger partial charge >= 0.3 is 0 Å². The molecule has 0 fully saturated rings. The van der Waals surface area contributed by atoms with E-state index in [1.165, 1.54) is 11.8 Å². The number of carbonyl (C=O) groups excluding carboxylic acids is 1. The molecular weight excluding hydrogens is 482 g/mol. The summed E-state index contributed by atoms with van der Waals surface area (Å²) in [4.78, 5) is 14.3. The van der Waals surface area contributed by atoms with Gasteiger partial charge in [-0.2, -0.15) is 5.21 Å². The van der Waals surface area contributed by atoms with E-state index in [1.807, 2.05) is 56.3 Å². The summed E-state index contributed by atoms with van der Waals surface area (Å²) >= 11 is 1.30. The van der Waals surface area contributed by atoms with Gasteiger partial charge in [-0.3, -0.25) is 4.79 Å². The Labute approximate surface area is 206 Å². The molecule has 176 valence electrons. The van der Waals surface area contributed by atoms with Gasteiger partial charge in [0.15, 0.2) is 9.84 Å². The summed E-state index contributed by atoms with van der Waals surface area (Å²) in [6, 6.07) is 18.1. The van der Waals surface area contributed by atoms with Crippen molar-refractivity contribution < 1.29 is 13.2 Å². The van der Waals surface area contributed by atoms with Crippen LogP contribution in [0, 0.1) is 13.8 Å². The molecule has 0 unspecified atom stereocenters. The third-order valence-electron chi connectivity index (χ3n) is 5.79. The number of hydrogen-bond acceptors (Lipinski definition) is 7. The fourth-order valence-corrected chi connectivity index (χ4v) is 6.35. The van der Waals surface area contributed by atoms with E-state index in [-0.39, 0.29) is 16.6 Å². The summed E-state index contributed by atoms with van der Waals surface area (Å²) in [6.45, 7) is 3.82. The average molecular weight is 504 g/mol. The molecule has 1 amide bonds. The second-order valence-electron chi connectivity index (χ2n) is 8.21. The van der Waals surface area contributed by atoms with Crippen molar-refractivity contribution in [2.24, 2.45) is 0 Å². The minimum absolute atomic E-state index is 0.0869. The van der Waals surface area contributed by atoms with Gasteiger partial charge in [0.05, 0.1) is 21.2 Å². The maximum absolute atomic E-state index is 13.1. The number of rotatable bonds is 5. The van der Waals surface area contributed by atoms with Crippen LogP contribution >= 0.6 is 11.8 Å². The predicted octanol–water partition coefficient (Wildman–Crippen LogP) is 4.54. The lowest BCUT2D eigenvalue weighted by Crippen LogP contribution is -2.18. The first-order valence-corrected chi connectivity index (χ1v) is 13.2. The highest BCUT2D eigenvalue weighted by atomic mass is 32.2. The number of anilines is 1. The van der Waals surface area contributed by atoms with Gasteiger partial charge in [0, 0.05) is 10.5 Å². The number of H-pyrrole nitrogens is 1. The molecular formula is C25H21N5O3S2. The number of tetrazole rings is 1. The first-order valence-electron chi connectivity index (χ1n) is 10.8. The summed E-state index contributed by atoms with van der Waals surface area (Å²) in [5, 5.41) is 16.7. The molecule has 0 bridgehead atoms. The minimum atomic E-state index is -3.59. The molecule has 0 saturated heterocycles. The Balaban J connectivity index is 1.38. The molecule has 35 heavy (non-hydrogen) atoms. The molecule has 0 saturated carbocycles. The monoisotopic (exact) mass is 503 g/mol. The molecule has 0 radical (unpaired) electrons. The largest absolute Gasteiger partial charge is 0.320 e. The van der Waals surface area contributed by atoms with Crippen molar-refractivity contribution in [1.29, 1.82) is 0 Å². The number of aromatic amines is 1. The number of thioether (sulfide) groups is 1. The normalized spacial score (nSPS) is 14.6. The van der Waals surface area contributed by atoms with Crippen molar-refractivity contribution in [2.75, 3.05) is 5.32 Å². The van der Waals surface area contributed by atoms with Gasteiger partial charge < -0.3 is 5.32 Å². The van der Waals surface area contributed by atoms with Crippen molar-refractivity contribution in [2.45, 2.75) is 29.4 Å². The standard InChI is InChI=1S/C25H21N5O3S2/c1-15-4-3-5-16(2)20(15)14-35(32,33)19-10-11-22-21(13-19)26-25(31)23(34-22)12-17-6-8-18(9-7-17)24-27-29-30-28-24/h3-13H,14H2,1-2H3,(H,26,31)(H,27,28,29,30)/b23-12-. The zero-order chi connectivity index (χ0) is 24.6. The molecule has 1 aliphatic rings. The third-order valence-corrected chi connectivity index (χ3v) is 8.53. The van der Waals surface area contributed by atoms with Gasteiger partial charge in [0.1, 0.15) is 0 Å². The maximum Gasteiger partial charge on any atom is 0.262 e. The maximum atomic E-state index is 13.1. The fourth-order valence-electron chi connectivity index (χ4n) is 3.85. The van der Waals surface area contributed by atoms with Crippen LogP contribution in [0.3, 0.4) is 0 Å². The van der Waals surface area contributed by atoms with Gasteiger partial charge in [-0.1, -0.05) is 54.2 Å². The highest BCUT2D eigenvalue weighted by Crippen LogP contribution is 2.40. The van der Waals surface area contributed by atoms with E-state index in [2.05, 4.69) is 25.9 Å². The number of carbonyl (C=O) groups is 1. The molecule has 0 spiro atoms. The zero-order valence-corrected chi connectivity index (χ0v) is 20.6. The van der Waals surface area contributed by atoms with E-state index in [1.54, 1.807) is 24.3 Å². The van der Waals surface area contributed by atoms with Crippen LogP contribution in [0.1, 0.15) is 22.3 Å². The van der Waals surface area contributed by atoms with Gasteiger partial charge in [0.25, 0.3) is 5.91 Å². The molecule has 1 aromatic heterocycles. The first-order chi connectivity index (χ1) is 16.8. The third kappa shape index (κ3) is 4.75. The molecule has 2 heterocycles. The number of fused-ring (bicyclic) bond motifs is 1. The Bertz CT molecular complexity index is 1540. The highest BCUT2D eigenvalue weighted by Gasteiger charge is 2.25. The van der Waals surface area contributed by atoms with Crippen molar-refractivity contribution >= 4 is 39.3 Å². The van der Waals surface area contributed by atoms with Crippen molar-refractivity contribution in [3.8, 4) is 11.4 Å². The Hall–Kier alpha value is -3.76. The van der Waals surface area contributed by atoms with Gasteiger partial charge in [0.2, 0.25) is 5.82 Å². The Morgan fingerprint density at radius 2 is 1.74 bits per heavy atom. The highest BCUT2D eigenvalue weighted by molar-refractivity contribution is 8.04. The molecule has 5 rings (SSSR count). The molecule has 1 aliphatic heterocycles. The summed E-state index contributed by atoms with van der Waals surface area (Å²) in [5.41, 5.74) is 4.82. The number of sulfone groups is 1. The summed E-state index contributed by atoms with van der Waals surface area (Å²) in [6.07, 6.45) is 1.79. The lowest BCUT2D eigenvalue weighted by molar-refractivity contribution is -0.112.